The van der Waals surface area contributed by atoms with E-state index in [0.717, 1.165) is 45.3 Å². The molecule has 3 fully saturated rings. The molecule has 6 heteroatoms. The van der Waals surface area contributed by atoms with Crippen LogP contribution in [0.3, 0.4) is 0 Å². The van der Waals surface area contributed by atoms with Crippen molar-refractivity contribution < 1.29 is 14.0 Å². The fraction of sp³-hybridized carbons (Fsp3) is 0.556. The van der Waals surface area contributed by atoms with Gasteiger partial charge in [-0.2, -0.15) is 0 Å². The zero-order valence-corrected chi connectivity index (χ0v) is 13.6. The number of anilines is 1. The molecule has 1 saturated carbocycles. The van der Waals surface area contributed by atoms with E-state index >= 15 is 0 Å². The van der Waals surface area contributed by atoms with Crippen molar-refractivity contribution in [2.75, 3.05) is 31.5 Å². The quantitative estimate of drug-likeness (QED) is 0.906. The standard InChI is InChI=1S/C18H22FN3O2/c19-13-4-3-5-14(10-13)20-16(23)15-11-18(15)6-9-22(12-18)17(24)21-7-1-2-8-21/h3-5,10,15H,1-2,6-9,11-12H2,(H,20,23). The summed E-state index contributed by atoms with van der Waals surface area (Å²) in [5, 5.41) is 2.80. The van der Waals surface area contributed by atoms with Crippen LogP contribution >= 0.6 is 0 Å². The van der Waals surface area contributed by atoms with Crippen LogP contribution in [0.15, 0.2) is 24.3 Å². The van der Waals surface area contributed by atoms with Gasteiger partial charge in [0.15, 0.2) is 0 Å². The Morgan fingerprint density at radius 1 is 1.17 bits per heavy atom. The smallest absolute Gasteiger partial charge is 0.320 e. The van der Waals surface area contributed by atoms with Crippen LogP contribution < -0.4 is 5.32 Å². The molecule has 1 spiro atoms. The van der Waals surface area contributed by atoms with E-state index in [9.17, 15) is 14.0 Å². The van der Waals surface area contributed by atoms with Gasteiger partial charge in [0.2, 0.25) is 5.91 Å². The molecule has 3 amide bonds. The molecule has 1 aliphatic carbocycles. The minimum Gasteiger partial charge on any atom is -0.326 e. The van der Waals surface area contributed by atoms with Crippen molar-refractivity contribution in [2.45, 2.75) is 25.7 Å². The molecule has 2 unspecified atom stereocenters. The number of rotatable bonds is 2. The first-order valence-corrected chi connectivity index (χ1v) is 8.68. The molecule has 0 bridgehead atoms. The highest BCUT2D eigenvalue weighted by molar-refractivity contribution is 5.95. The number of carbonyl (C=O) groups excluding carboxylic acids is 2. The van der Waals surface area contributed by atoms with Gasteiger partial charge >= 0.3 is 6.03 Å². The normalized spacial score (nSPS) is 28.5. The van der Waals surface area contributed by atoms with E-state index in [0.29, 0.717) is 12.2 Å². The van der Waals surface area contributed by atoms with E-state index in [1.807, 2.05) is 9.80 Å². The van der Waals surface area contributed by atoms with E-state index in [1.54, 1.807) is 12.1 Å². The average Bonchev–Trinajstić information content (AvgIpc) is 2.93. The van der Waals surface area contributed by atoms with Crippen molar-refractivity contribution in [1.82, 2.24) is 9.80 Å². The molecule has 2 aliphatic heterocycles. The molecule has 24 heavy (non-hydrogen) atoms. The minimum atomic E-state index is -0.360. The molecule has 128 valence electrons. The Kier molecular flexibility index (Phi) is 3.70. The predicted octanol–water partition coefficient (Wildman–Crippen LogP) is 2.69. The van der Waals surface area contributed by atoms with Crippen LogP contribution in [0.2, 0.25) is 0 Å². The maximum atomic E-state index is 13.2. The summed E-state index contributed by atoms with van der Waals surface area (Å²) in [5.41, 5.74) is 0.428. The first-order valence-electron chi connectivity index (χ1n) is 8.68. The highest BCUT2D eigenvalue weighted by Gasteiger charge is 2.61. The monoisotopic (exact) mass is 331 g/mol. The molecule has 3 aliphatic rings. The zero-order chi connectivity index (χ0) is 16.7. The van der Waals surface area contributed by atoms with Crippen LogP contribution in [-0.4, -0.2) is 47.9 Å². The van der Waals surface area contributed by atoms with Crippen molar-refractivity contribution in [3.8, 4) is 0 Å². The van der Waals surface area contributed by atoms with Gasteiger partial charge in [-0.1, -0.05) is 6.07 Å². The predicted molar refractivity (Wildman–Crippen MR) is 88.0 cm³/mol. The second-order valence-corrected chi connectivity index (χ2v) is 7.27. The molecule has 1 aromatic rings. The highest BCUT2D eigenvalue weighted by atomic mass is 19.1. The molecule has 2 heterocycles. The molecule has 2 atom stereocenters. The molecular formula is C18H22FN3O2. The lowest BCUT2D eigenvalue weighted by atomic mass is 10.0. The van der Waals surface area contributed by atoms with Gasteiger partial charge < -0.3 is 15.1 Å². The van der Waals surface area contributed by atoms with Crippen LogP contribution in [0, 0.1) is 17.2 Å². The number of urea groups is 1. The maximum Gasteiger partial charge on any atom is 0.320 e. The van der Waals surface area contributed by atoms with Gasteiger partial charge in [0.05, 0.1) is 0 Å². The van der Waals surface area contributed by atoms with E-state index < -0.39 is 0 Å². The molecule has 1 aromatic carbocycles. The highest BCUT2D eigenvalue weighted by Crippen LogP contribution is 2.58. The molecule has 4 rings (SSSR count). The molecule has 0 aromatic heterocycles. The summed E-state index contributed by atoms with van der Waals surface area (Å²) < 4.78 is 13.2. The summed E-state index contributed by atoms with van der Waals surface area (Å²) in [7, 11) is 0. The van der Waals surface area contributed by atoms with Gasteiger partial charge in [-0.15, -0.1) is 0 Å². The average molecular weight is 331 g/mol. The number of nitrogens with one attached hydrogen (secondary N) is 1. The van der Waals surface area contributed by atoms with Crippen molar-refractivity contribution in [2.24, 2.45) is 11.3 Å². The van der Waals surface area contributed by atoms with E-state index in [4.69, 9.17) is 0 Å². The van der Waals surface area contributed by atoms with Gasteiger partial charge in [0.1, 0.15) is 5.82 Å². The first-order chi connectivity index (χ1) is 11.6. The number of carbonyl (C=O) groups is 2. The van der Waals surface area contributed by atoms with Crippen LogP contribution in [-0.2, 0) is 4.79 Å². The molecule has 0 radical (unpaired) electrons. The van der Waals surface area contributed by atoms with Crippen molar-refractivity contribution in [3.63, 3.8) is 0 Å². The van der Waals surface area contributed by atoms with Crippen molar-refractivity contribution >= 4 is 17.6 Å². The lowest BCUT2D eigenvalue weighted by Gasteiger charge is -2.24. The Morgan fingerprint density at radius 2 is 1.96 bits per heavy atom. The van der Waals surface area contributed by atoms with E-state index in [-0.39, 0.29) is 29.1 Å². The molecule has 1 N–H and O–H groups in total. The van der Waals surface area contributed by atoms with Crippen LogP contribution in [0.5, 0.6) is 0 Å². The SMILES string of the molecule is O=C(Nc1cccc(F)c1)C1CC12CCN(C(=O)N1CCCC1)C2. The Bertz CT molecular complexity index is 674. The first kappa shape index (κ1) is 15.4. The van der Waals surface area contributed by atoms with Crippen LogP contribution in [0.1, 0.15) is 25.7 Å². The van der Waals surface area contributed by atoms with E-state index in [1.165, 1.54) is 12.1 Å². The second-order valence-electron chi connectivity index (χ2n) is 7.27. The Labute approximate surface area is 140 Å². The van der Waals surface area contributed by atoms with Crippen molar-refractivity contribution in [1.29, 1.82) is 0 Å². The number of halogens is 1. The van der Waals surface area contributed by atoms with Gasteiger partial charge in [-0.25, -0.2) is 9.18 Å². The number of benzene rings is 1. The Balaban J connectivity index is 1.35. The Hall–Kier alpha value is -2.11. The number of hydrogen-bond donors (Lipinski definition) is 1. The summed E-state index contributed by atoms with van der Waals surface area (Å²) in [6, 6.07) is 6.08. The molecule has 2 saturated heterocycles. The third-order valence-electron chi connectivity index (χ3n) is 5.63. The number of likely N-dealkylation sites (tertiary alicyclic amines) is 2. The topological polar surface area (TPSA) is 52.7 Å². The summed E-state index contributed by atoms with van der Waals surface area (Å²) in [6.07, 6.45) is 3.87. The summed E-state index contributed by atoms with van der Waals surface area (Å²) in [6.45, 7) is 3.11. The maximum absolute atomic E-state index is 13.2. The third-order valence-corrected chi connectivity index (χ3v) is 5.63. The van der Waals surface area contributed by atoms with Crippen LogP contribution in [0.4, 0.5) is 14.9 Å². The van der Waals surface area contributed by atoms with Crippen LogP contribution in [0.25, 0.3) is 0 Å². The lowest BCUT2D eigenvalue weighted by molar-refractivity contribution is -0.118. The Morgan fingerprint density at radius 3 is 2.71 bits per heavy atom. The lowest BCUT2D eigenvalue weighted by Crippen LogP contribution is -2.40. The fourth-order valence-corrected chi connectivity index (χ4v) is 4.13. The minimum absolute atomic E-state index is 0.0592. The number of amides is 3. The summed E-state index contributed by atoms with van der Waals surface area (Å²) in [4.78, 5) is 28.7. The zero-order valence-electron chi connectivity index (χ0n) is 13.6. The van der Waals surface area contributed by atoms with Gasteiger partial charge in [0.25, 0.3) is 0 Å². The number of hydrogen-bond acceptors (Lipinski definition) is 2. The van der Waals surface area contributed by atoms with E-state index in [2.05, 4.69) is 5.32 Å². The second kappa shape index (κ2) is 5.76. The molecular weight excluding hydrogens is 309 g/mol. The number of nitrogens with zero attached hydrogens (tertiary/aromatic N) is 2. The largest absolute Gasteiger partial charge is 0.326 e. The third kappa shape index (κ3) is 2.74. The van der Waals surface area contributed by atoms with Crippen molar-refractivity contribution in [3.05, 3.63) is 30.1 Å². The molecule has 5 nitrogen and oxygen atoms in total. The van der Waals surface area contributed by atoms with Gasteiger partial charge in [-0.3, -0.25) is 4.79 Å². The van der Waals surface area contributed by atoms with Gasteiger partial charge in [0, 0.05) is 43.2 Å². The van der Waals surface area contributed by atoms with Gasteiger partial charge in [-0.05, 0) is 43.9 Å². The summed E-state index contributed by atoms with van der Waals surface area (Å²) in [5.74, 6) is -0.491. The fourth-order valence-electron chi connectivity index (χ4n) is 4.13. The summed E-state index contributed by atoms with van der Waals surface area (Å²) >= 11 is 0.